The lowest BCUT2D eigenvalue weighted by Gasteiger charge is -2.32. The third-order valence-corrected chi connectivity index (χ3v) is 3.18. The summed E-state index contributed by atoms with van der Waals surface area (Å²) in [5, 5.41) is 22.6. The Balaban J connectivity index is 2.05. The van der Waals surface area contributed by atoms with Crippen LogP contribution in [0.15, 0.2) is 30.3 Å². The minimum atomic E-state index is -0.866. The standard InChI is InChI=1S/C12H18N2O2/c13-12(8-4-7-10(12)15)14-11(16)9-5-2-1-3-6-9/h1-3,5-6,10-11,14-16H,4,7-8,13H2/t10-,11?,12-/m1/s1. The molecule has 0 heterocycles. The average molecular weight is 222 g/mol. The Labute approximate surface area is 95.1 Å². The molecule has 0 radical (unpaired) electrons. The van der Waals surface area contributed by atoms with Crippen molar-refractivity contribution < 1.29 is 10.2 Å². The predicted molar refractivity (Wildman–Crippen MR) is 61.3 cm³/mol. The van der Waals surface area contributed by atoms with Crippen LogP contribution in [0.1, 0.15) is 31.1 Å². The van der Waals surface area contributed by atoms with Gasteiger partial charge in [0.2, 0.25) is 0 Å². The summed E-state index contributed by atoms with van der Waals surface area (Å²) in [6.45, 7) is 0. The predicted octanol–water partition coefficient (Wildman–Crippen LogP) is 0.467. The van der Waals surface area contributed by atoms with Crippen LogP contribution in [-0.4, -0.2) is 22.0 Å². The summed E-state index contributed by atoms with van der Waals surface area (Å²) >= 11 is 0. The van der Waals surface area contributed by atoms with E-state index >= 15 is 0 Å². The van der Waals surface area contributed by atoms with Crippen molar-refractivity contribution in [3.8, 4) is 0 Å². The maximum absolute atomic E-state index is 9.96. The van der Waals surface area contributed by atoms with Crippen molar-refractivity contribution in [2.45, 2.75) is 37.3 Å². The van der Waals surface area contributed by atoms with Gasteiger partial charge in [-0.25, -0.2) is 0 Å². The third-order valence-electron chi connectivity index (χ3n) is 3.18. The minimum Gasteiger partial charge on any atom is -0.390 e. The van der Waals surface area contributed by atoms with Crippen LogP contribution in [-0.2, 0) is 0 Å². The van der Waals surface area contributed by atoms with Crippen molar-refractivity contribution in [2.24, 2.45) is 5.73 Å². The number of rotatable bonds is 3. The highest BCUT2D eigenvalue weighted by atomic mass is 16.3. The van der Waals surface area contributed by atoms with Crippen LogP contribution >= 0.6 is 0 Å². The van der Waals surface area contributed by atoms with E-state index in [0.717, 1.165) is 12.0 Å². The zero-order valence-corrected chi connectivity index (χ0v) is 9.13. The van der Waals surface area contributed by atoms with E-state index < -0.39 is 18.0 Å². The highest BCUT2D eigenvalue weighted by Crippen LogP contribution is 2.27. The fourth-order valence-electron chi connectivity index (χ4n) is 2.15. The Kier molecular flexibility index (Phi) is 3.25. The largest absolute Gasteiger partial charge is 0.390 e. The first-order valence-corrected chi connectivity index (χ1v) is 5.59. The van der Waals surface area contributed by atoms with E-state index in [1.807, 2.05) is 30.3 Å². The van der Waals surface area contributed by atoms with Crippen LogP contribution in [0, 0.1) is 0 Å². The Morgan fingerprint density at radius 1 is 1.38 bits per heavy atom. The molecular weight excluding hydrogens is 204 g/mol. The number of aliphatic hydroxyl groups is 2. The van der Waals surface area contributed by atoms with Gasteiger partial charge in [-0.1, -0.05) is 30.3 Å². The van der Waals surface area contributed by atoms with Crippen LogP contribution in [0.5, 0.6) is 0 Å². The first kappa shape index (κ1) is 11.5. The van der Waals surface area contributed by atoms with E-state index in [1.54, 1.807) is 0 Å². The normalized spacial score (nSPS) is 31.6. The number of nitrogens with two attached hydrogens (primary N) is 1. The summed E-state index contributed by atoms with van der Waals surface area (Å²) in [5.74, 6) is 0. The van der Waals surface area contributed by atoms with E-state index in [-0.39, 0.29) is 0 Å². The molecule has 1 aliphatic carbocycles. The highest BCUT2D eigenvalue weighted by Gasteiger charge is 2.39. The molecule has 1 saturated carbocycles. The van der Waals surface area contributed by atoms with Gasteiger partial charge < -0.3 is 15.9 Å². The van der Waals surface area contributed by atoms with Crippen molar-refractivity contribution in [2.75, 3.05) is 0 Å². The molecule has 5 N–H and O–H groups in total. The second kappa shape index (κ2) is 4.51. The van der Waals surface area contributed by atoms with E-state index in [1.165, 1.54) is 0 Å². The maximum Gasteiger partial charge on any atom is 0.132 e. The molecule has 16 heavy (non-hydrogen) atoms. The van der Waals surface area contributed by atoms with Crippen LogP contribution in [0.4, 0.5) is 0 Å². The molecule has 0 spiro atoms. The maximum atomic E-state index is 9.96. The molecule has 88 valence electrons. The summed E-state index contributed by atoms with van der Waals surface area (Å²) in [6, 6.07) is 9.24. The lowest BCUT2D eigenvalue weighted by molar-refractivity contribution is 0.0280. The molecule has 1 unspecified atom stereocenters. The molecule has 0 amide bonds. The number of nitrogens with one attached hydrogen (secondary N) is 1. The molecule has 3 atom stereocenters. The molecule has 2 rings (SSSR count). The lowest BCUT2D eigenvalue weighted by atomic mass is 10.1. The van der Waals surface area contributed by atoms with Crippen LogP contribution in [0.3, 0.4) is 0 Å². The monoisotopic (exact) mass is 222 g/mol. The Morgan fingerprint density at radius 2 is 2.06 bits per heavy atom. The van der Waals surface area contributed by atoms with Gasteiger partial charge in [-0.15, -0.1) is 0 Å². The summed E-state index contributed by atoms with van der Waals surface area (Å²) in [7, 11) is 0. The number of aliphatic hydroxyl groups excluding tert-OH is 2. The van der Waals surface area contributed by atoms with Gasteiger partial charge >= 0.3 is 0 Å². The fraction of sp³-hybridized carbons (Fsp3) is 0.500. The molecule has 4 nitrogen and oxygen atoms in total. The minimum absolute atomic E-state index is 0.592. The molecule has 4 heteroatoms. The quantitative estimate of drug-likeness (QED) is 0.560. The highest BCUT2D eigenvalue weighted by molar-refractivity contribution is 5.17. The molecule has 1 aromatic rings. The van der Waals surface area contributed by atoms with E-state index in [0.29, 0.717) is 12.8 Å². The van der Waals surface area contributed by atoms with E-state index in [2.05, 4.69) is 5.32 Å². The van der Waals surface area contributed by atoms with Crippen LogP contribution in [0.25, 0.3) is 0 Å². The average Bonchev–Trinajstić information content (AvgIpc) is 2.60. The van der Waals surface area contributed by atoms with Gasteiger partial charge in [0.25, 0.3) is 0 Å². The molecule has 0 saturated heterocycles. The molecule has 1 fully saturated rings. The lowest BCUT2D eigenvalue weighted by Crippen LogP contribution is -2.59. The topological polar surface area (TPSA) is 78.5 Å². The van der Waals surface area contributed by atoms with Gasteiger partial charge in [0.05, 0.1) is 11.8 Å². The van der Waals surface area contributed by atoms with Crippen molar-refractivity contribution in [3.63, 3.8) is 0 Å². The first-order valence-electron chi connectivity index (χ1n) is 5.59. The third kappa shape index (κ3) is 2.25. The Bertz CT molecular complexity index is 344. The zero-order valence-electron chi connectivity index (χ0n) is 9.13. The Morgan fingerprint density at radius 3 is 2.62 bits per heavy atom. The van der Waals surface area contributed by atoms with Crippen molar-refractivity contribution in [1.29, 1.82) is 0 Å². The molecular formula is C12H18N2O2. The number of benzene rings is 1. The second-order valence-electron chi connectivity index (χ2n) is 4.41. The number of hydrogen-bond acceptors (Lipinski definition) is 4. The summed E-state index contributed by atoms with van der Waals surface area (Å²) < 4.78 is 0. The van der Waals surface area contributed by atoms with Gasteiger partial charge in [-0.05, 0) is 24.8 Å². The Hall–Kier alpha value is -0.940. The first-order chi connectivity index (χ1) is 7.62. The summed E-state index contributed by atoms with van der Waals surface area (Å²) in [5.41, 5.74) is 5.91. The zero-order chi connectivity index (χ0) is 11.6. The van der Waals surface area contributed by atoms with Gasteiger partial charge in [0, 0.05) is 0 Å². The van der Waals surface area contributed by atoms with Crippen LogP contribution < -0.4 is 11.1 Å². The van der Waals surface area contributed by atoms with Gasteiger partial charge in [0.1, 0.15) is 6.23 Å². The fourth-order valence-corrected chi connectivity index (χ4v) is 2.15. The van der Waals surface area contributed by atoms with Crippen molar-refractivity contribution in [3.05, 3.63) is 35.9 Å². The molecule has 0 bridgehead atoms. The van der Waals surface area contributed by atoms with Gasteiger partial charge in [0.15, 0.2) is 0 Å². The smallest absolute Gasteiger partial charge is 0.132 e. The SMILES string of the molecule is N[C@@]1(NC(O)c2ccccc2)CCC[C@H]1O. The second-order valence-corrected chi connectivity index (χ2v) is 4.41. The van der Waals surface area contributed by atoms with Crippen LogP contribution in [0.2, 0.25) is 0 Å². The van der Waals surface area contributed by atoms with Gasteiger partial charge in [-0.2, -0.15) is 0 Å². The molecule has 1 aliphatic rings. The summed E-state index contributed by atoms with van der Waals surface area (Å²) in [4.78, 5) is 0. The summed E-state index contributed by atoms with van der Waals surface area (Å²) in [6.07, 6.45) is 0.819. The van der Waals surface area contributed by atoms with E-state index in [9.17, 15) is 10.2 Å². The molecule has 0 aromatic heterocycles. The van der Waals surface area contributed by atoms with Crippen molar-refractivity contribution >= 4 is 0 Å². The van der Waals surface area contributed by atoms with Crippen molar-refractivity contribution in [1.82, 2.24) is 5.32 Å². The molecule has 0 aliphatic heterocycles. The van der Waals surface area contributed by atoms with E-state index in [4.69, 9.17) is 5.73 Å². The molecule has 1 aromatic carbocycles. The van der Waals surface area contributed by atoms with Gasteiger partial charge in [-0.3, -0.25) is 5.32 Å². The number of hydrogen-bond donors (Lipinski definition) is 4.